The van der Waals surface area contributed by atoms with Crippen molar-refractivity contribution in [2.24, 2.45) is 5.92 Å². The highest BCUT2D eigenvalue weighted by Gasteiger charge is 2.12. The van der Waals surface area contributed by atoms with Crippen LogP contribution in [0.2, 0.25) is 0 Å². The maximum absolute atomic E-state index is 11.7. The summed E-state index contributed by atoms with van der Waals surface area (Å²) in [6.07, 6.45) is 2.64. The van der Waals surface area contributed by atoms with Crippen LogP contribution in [0.15, 0.2) is 30.5 Å². The smallest absolute Gasteiger partial charge is 0.211 e. The number of fused-ring (bicyclic) bond motifs is 1. The third-order valence-corrected chi connectivity index (χ3v) is 4.69. The van der Waals surface area contributed by atoms with Crippen LogP contribution in [0.25, 0.3) is 10.9 Å². The number of rotatable bonds is 6. The molecule has 0 aliphatic heterocycles. The molecule has 2 aromatic rings. The molecule has 0 saturated heterocycles. The van der Waals surface area contributed by atoms with Crippen molar-refractivity contribution in [3.8, 4) is 0 Å². The monoisotopic (exact) mass is 280 g/mol. The third kappa shape index (κ3) is 3.81. The van der Waals surface area contributed by atoms with E-state index in [0.717, 1.165) is 16.5 Å². The van der Waals surface area contributed by atoms with Gasteiger partial charge in [-0.15, -0.1) is 0 Å². The molecule has 2 N–H and O–H groups in total. The van der Waals surface area contributed by atoms with Crippen molar-refractivity contribution in [2.45, 2.75) is 20.3 Å². The normalized spacial score (nSPS) is 12.4. The average Bonchev–Trinajstić information content (AvgIpc) is 2.71. The molecule has 0 radical (unpaired) electrons. The van der Waals surface area contributed by atoms with E-state index < -0.39 is 10.0 Å². The Morgan fingerprint density at radius 1 is 1.26 bits per heavy atom. The largest absolute Gasteiger partial charge is 0.361 e. The first-order chi connectivity index (χ1) is 8.98. The second-order valence-electron chi connectivity index (χ2n) is 5.18. The molecule has 0 atom stereocenters. The molecule has 1 aromatic carbocycles. The van der Waals surface area contributed by atoms with E-state index in [1.807, 2.05) is 44.3 Å². The molecule has 19 heavy (non-hydrogen) atoms. The van der Waals surface area contributed by atoms with E-state index in [1.165, 1.54) is 0 Å². The lowest BCUT2D eigenvalue weighted by Gasteiger charge is -2.08. The molecule has 0 aliphatic carbocycles. The molecule has 104 valence electrons. The van der Waals surface area contributed by atoms with Gasteiger partial charge in [0.05, 0.1) is 5.75 Å². The summed E-state index contributed by atoms with van der Waals surface area (Å²) in [7, 11) is -3.15. The minimum absolute atomic E-state index is 0.144. The van der Waals surface area contributed by atoms with Gasteiger partial charge in [0, 0.05) is 23.6 Å². The zero-order valence-electron chi connectivity index (χ0n) is 11.3. The number of H-pyrrole nitrogens is 1. The van der Waals surface area contributed by atoms with Crippen molar-refractivity contribution in [1.82, 2.24) is 9.71 Å². The Morgan fingerprint density at radius 3 is 2.74 bits per heavy atom. The fourth-order valence-electron chi connectivity index (χ4n) is 2.18. The molecule has 0 amide bonds. The number of benzene rings is 1. The summed E-state index contributed by atoms with van der Waals surface area (Å²) in [6, 6.07) is 8.03. The zero-order valence-corrected chi connectivity index (χ0v) is 12.1. The molecule has 4 nitrogen and oxygen atoms in total. The number of hydrogen-bond acceptors (Lipinski definition) is 2. The van der Waals surface area contributed by atoms with Crippen LogP contribution in [-0.4, -0.2) is 25.7 Å². The van der Waals surface area contributed by atoms with Gasteiger partial charge in [-0.3, -0.25) is 0 Å². The second kappa shape index (κ2) is 5.75. The summed E-state index contributed by atoms with van der Waals surface area (Å²) >= 11 is 0. The van der Waals surface area contributed by atoms with E-state index in [4.69, 9.17) is 0 Å². The van der Waals surface area contributed by atoms with E-state index in [0.29, 0.717) is 13.0 Å². The first kappa shape index (κ1) is 14.1. The van der Waals surface area contributed by atoms with Crippen LogP contribution in [0.1, 0.15) is 19.4 Å². The van der Waals surface area contributed by atoms with Gasteiger partial charge in [0.15, 0.2) is 0 Å². The standard InChI is InChI=1S/C14H20N2O2S/c1-11(2)10-19(17,18)16-8-7-12-9-15-14-6-4-3-5-13(12)14/h3-6,9,11,15-16H,7-8,10H2,1-2H3. The highest BCUT2D eigenvalue weighted by Crippen LogP contribution is 2.17. The number of para-hydroxylation sites is 1. The van der Waals surface area contributed by atoms with E-state index in [-0.39, 0.29) is 11.7 Å². The molecule has 5 heteroatoms. The van der Waals surface area contributed by atoms with E-state index >= 15 is 0 Å². The van der Waals surface area contributed by atoms with Crippen LogP contribution < -0.4 is 4.72 Å². The average molecular weight is 280 g/mol. The zero-order chi connectivity index (χ0) is 13.9. The molecule has 0 aliphatic rings. The number of aromatic nitrogens is 1. The van der Waals surface area contributed by atoms with Gasteiger partial charge >= 0.3 is 0 Å². The topological polar surface area (TPSA) is 62.0 Å². The maximum atomic E-state index is 11.7. The van der Waals surface area contributed by atoms with Crippen LogP contribution in [0.4, 0.5) is 0 Å². The molecule has 0 bridgehead atoms. The molecule has 2 rings (SSSR count). The van der Waals surface area contributed by atoms with Crippen LogP contribution >= 0.6 is 0 Å². The Labute approximate surface area is 114 Å². The Kier molecular flexibility index (Phi) is 4.27. The highest BCUT2D eigenvalue weighted by atomic mass is 32.2. The summed E-state index contributed by atoms with van der Waals surface area (Å²) in [6.45, 7) is 4.24. The fraction of sp³-hybridized carbons (Fsp3) is 0.429. The van der Waals surface area contributed by atoms with E-state index in [2.05, 4.69) is 9.71 Å². The van der Waals surface area contributed by atoms with Gasteiger partial charge < -0.3 is 4.98 Å². The lowest BCUT2D eigenvalue weighted by Crippen LogP contribution is -2.30. The molecule has 1 heterocycles. The molecule has 0 saturated carbocycles. The maximum Gasteiger partial charge on any atom is 0.211 e. The summed E-state index contributed by atoms with van der Waals surface area (Å²) < 4.78 is 26.1. The molecule has 1 aromatic heterocycles. The summed E-state index contributed by atoms with van der Waals surface area (Å²) in [5.41, 5.74) is 2.23. The molecule has 0 fully saturated rings. The Morgan fingerprint density at radius 2 is 2.00 bits per heavy atom. The minimum Gasteiger partial charge on any atom is -0.361 e. The van der Waals surface area contributed by atoms with Gasteiger partial charge in [0.2, 0.25) is 10.0 Å². The van der Waals surface area contributed by atoms with Crippen LogP contribution in [0, 0.1) is 5.92 Å². The van der Waals surface area contributed by atoms with Crippen LogP contribution in [0.3, 0.4) is 0 Å². The van der Waals surface area contributed by atoms with Gasteiger partial charge in [0.25, 0.3) is 0 Å². The van der Waals surface area contributed by atoms with Crippen LogP contribution in [-0.2, 0) is 16.4 Å². The lowest BCUT2D eigenvalue weighted by molar-refractivity contribution is 0.568. The van der Waals surface area contributed by atoms with Crippen molar-refractivity contribution in [2.75, 3.05) is 12.3 Å². The van der Waals surface area contributed by atoms with Crippen molar-refractivity contribution < 1.29 is 8.42 Å². The quantitative estimate of drug-likeness (QED) is 0.852. The molecular weight excluding hydrogens is 260 g/mol. The van der Waals surface area contributed by atoms with Gasteiger partial charge in [-0.25, -0.2) is 13.1 Å². The third-order valence-electron chi connectivity index (χ3n) is 2.94. The van der Waals surface area contributed by atoms with Crippen molar-refractivity contribution in [3.05, 3.63) is 36.0 Å². The molecule has 0 unspecified atom stereocenters. The van der Waals surface area contributed by atoms with Gasteiger partial charge in [-0.05, 0) is 24.0 Å². The predicted molar refractivity (Wildman–Crippen MR) is 78.6 cm³/mol. The van der Waals surface area contributed by atoms with E-state index in [9.17, 15) is 8.42 Å². The van der Waals surface area contributed by atoms with Gasteiger partial charge in [-0.2, -0.15) is 0 Å². The van der Waals surface area contributed by atoms with Crippen molar-refractivity contribution >= 4 is 20.9 Å². The van der Waals surface area contributed by atoms with Crippen LogP contribution in [0.5, 0.6) is 0 Å². The Balaban J connectivity index is 1.96. The molecular formula is C14H20N2O2S. The number of nitrogens with one attached hydrogen (secondary N) is 2. The Bertz CT molecular complexity index is 644. The predicted octanol–water partition coefficient (Wildman–Crippen LogP) is 2.29. The van der Waals surface area contributed by atoms with Gasteiger partial charge in [-0.1, -0.05) is 32.0 Å². The Hall–Kier alpha value is -1.33. The number of sulfonamides is 1. The van der Waals surface area contributed by atoms with E-state index in [1.54, 1.807) is 0 Å². The van der Waals surface area contributed by atoms with Crippen molar-refractivity contribution in [3.63, 3.8) is 0 Å². The SMILES string of the molecule is CC(C)CS(=O)(=O)NCCc1c[nH]c2ccccc12. The highest BCUT2D eigenvalue weighted by molar-refractivity contribution is 7.89. The first-order valence-electron chi connectivity index (χ1n) is 6.50. The summed E-state index contributed by atoms with van der Waals surface area (Å²) in [5, 5.41) is 1.16. The number of aromatic amines is 1. The second-order valence-corrected chi connectivity index (χ2v) is 7.03. The van der Waals surface area contributed by atoms with Gasteiger partial charge in [0.1, 0.15) is 0 Å². The first-order valence-corrected chi connectivity index (χ1v) is 8.15. The number of hydrogen-bond donors (Lipinski definition) is 2. The van der Waals surface area contributed by atoms with Crippen molar-refractivity contribution in [1.29, 1.82) is 0 Å². The fourth-order valence-corrected chi connectivity index (χ4v) is 3.59. The lowest BCUT2D eigenvalue weighted by atomic mass is 10.1. The summed E-state index contributed by atoms with van der Waals surface area (Å²) in [4.78, 5) is 3.19. The minimum atomic E-state index is -3.15. The molecule has 0 spiro atoms. The summed E-state index contributed by atoms with van der Waals surface area (Å²) in [5.74, 6) is 0.325.